The van der Waals surface area contributed by atoms with Crippen molar-refractivity contribution in [3.8, 4) is 11.5 Å². The molecule has 1 aromatic carbocycles. The third-order valence-electron chi connectivity index (χ3n) is 3.59. The Morgan fingerprint density at radius 3 is 2.94 bits per heavy atom. The Morgan fingerprint density at radius 1 is 1.41 bits per heavy atom. The van der Waals surface area contributed by atoms with Crippen LogP contribution in [-0.2, 0) is 6.42 Å². The molecule has 0 saturated carbocycles. The summed E-state index contributed by atoms with van der Waals surface area (Å²) in [6, 6.07) is 2.06. The van der Waals surface area contributed by atoms with E-state index in [4.69, 9.17) is 21.1 Å². The second kappa shape index (κ2) is 4.39. The van der Waals surface area contributed by atoms with Gasteiger partial charge in [-0.15, -0.1) is 0 Å². The molecule has 3 rings (SSSR count). The van der Waals surface area contributed by atoms with Crippen molar-refractivity contribution in [2.45, 2.75) is 25.7 Å². The van der Waals surface area contributed by atoms with Gasteiger partial charge in [-0.1, -0.05) is 18.5 Å². The van der Waals surface area contributed by atoms with E-state index in [1.165, 1.54) is 17.5 Å². The number of fused-ring (bicyclic) bond motifs is 1. The summed E-state index contributed by atoms with van der Waals surface area (Å²) < 4.78 is 11.0. The molecule has 92 valence electrons. The van der Waals surface area contributed by atoms with E-state index in [0.29, 0.717) is 10.9 Å². The molecule has 1 aromatic rings. The normalized spacial score (nSPS) is 22.1. The molecular formula is C13H16ClNO2. The van der Waals surface area contributed by atoms with Gasteiger partial charge in [0, 0.05) is 12.1 Å². The van der Waals surface area contributed by atoms with E-state index in [0.717, 1.165) is 31.0 Å². The molecule has 17 heavy (non-hydrogen) atoms. The quantitative estimate of drug-likeness (QED) is 0.879. The van der Waals surface area contributed by atoms with E-state index in [1.807, 2.05) is 0 Å². The van der Waals surface area contributed by atoms with E-state index < -0.39 is 0 Å². The highest BCUT2D eigenvalue weighted by Crippen LogP contribution is 2.46. The van der Waals surface area contributed by atoms with Gasteiger partial charge >= 0.3 is 0 Å². The molecule has 4 heteroatoms. The molecule has 0 spiro atoms. The second-order valence-corrected chi connectivity index (χ2v) is 4.94. The van der Waals surface area contributed by atoms with Crippen LogP contribution in [0, 0.1) is 0 Å². The first-order valence-electron chi connectivity index (χ1n) is 6.12. The minimum Gasteiger partial charge on any atom is -0.453 e. The van der Waals surface area contributed by atoms with Crippen molar-refractivity contribution in [1.82, 2.24) is 5.32 Å². The van der Waals surface area contributed by atoms with Crippen LogP contribution in [0.15, 0.2) is 6.07 Å². The predicted octanol–water partition coefficient (Wildman–Crippen LogP) is 2.71. The summed E-state index contributed by atoms with van der Waals surface area (Å²) >= 11 is 6.26. The average molecular weight is 254 g/mol. The summed E-state index contributed by atoms with van der Waals surface area (Å²) in [7, 11) is 0. The van der Waals surface area contributed by atoms with E-state index in [2.05, 4.69) is 18.3 Å². The fourth-order valence-electron chi connectivity index (χ4n) is 2.75. The molecule has 1 saturated heterocycles. The molecule has 0 amide bonds. The van der Waals surface area contributed by atoms with Crippen molar-refractivity contribution < 1.29 is 9.47 Å². The van der Waals surface area contributed by atoms with Crippen molar-refractivity contribution in [2.24, 2.45) is 0 Å². The first-order chi connectivity index (χ1) is 8.31. The van der Waals surface area contributed by atoms with Crippen molar-refractivity contribution in [2.75, 3.05) is 19.9 Å². The Balaban J connectivity index is 2.11. The molecule has 2 aliphatic rings. The molecule has 0 aromatic heterocycles. The molecule has 1 atom stereocenters. The molecule has 2 heterocycles. The molecule has 0 radical (unpaired) electrons. The van der Waals surface area contributed by atoms with Gasteiger partial charge in [-0.2, -0.15) is 0 Å². The molecule has 1 N–H and O–H groups in total. The SMILES string of the molecule is CCc1c(C2CCNC2)cc(Cl)c2c1OCO2. The standard InChI is InChI=1S/C13H16ClNO2/c1-2-9-10(8-3-4-15-6-8)5-11(14)13-12(9)16-7-17-13/h5,8,15H,2-4,6-7H2,1H3. The van der Waals surface area contributed by atoms with Crippen LogP contribution in [0.4, 0.5) is 0 Å². The second-order valence-electron chi connectivity index (χ2n) is 4.53. The van der Waals surface area contributed by atoms with Gasteiger partial charge in [0.15, 0.2) is 11.5 Å². The van der Waals surface area contributed by atoms with Crippen LogP contribution in [0.25, 0.3) is 0 Å². The minimum atomic E-state index is 0.286. The van der Waals surface area contributed by atoms with Crippen molar-refractivity contribution in [1.29, 1.82) is 0 Å². The number of hydrogen-bond donors (Lipinski definition) is 1. The minimum absolute atomic E-state index is 0.286. The summed E-state index contributed by atoms with van der Waals surface area (Å²) in [5.74, 6) is 2.14. The molecule has 3 nitrogen and oxygen atoms in total. The predicted molar refractivity (Wildman–Crippen MR) is 67.2 cm³/mol. The monoisotopic (exact) mass is 253 g/mol. The lowest BCUT2D eigenvalue weighted by Crippen LogP contribution is -2.09. The number of benzene rings is 1. The van der Waals surface area contributed by atoms with Gasteiger partial charge < -0.3 is 14.8 Å². The third kappa shape index (κ3) is 1.78. The van der Waals surface area contributed by atoms with Crippen LogP contribution in [-0.4, -0.2) is 19.9 Å². The van der Waals surface area contributed by atoms with Gasteiger partial charge in [-0.25, -0.2) is 0 Å². The number of halogens is 1. The van der Waals surface area contributed by atoms with Gasteiger partial charge in [-0.05, 0) is 36.9 Å². The zero-order chi connectivity index (χ0) is 11.8. The van der Waals surface area contributed by atoms with Gasteiger partial charge in [0.05, 0.1) is 5.02 Å². The maximum Gasteiger partial charge on any atom is 0.231 e. The first-order valence-corrected chi connectivity index (χ1v) is 6.50. The van der Waals surface area contributed by atoms with Crippen molar-refractivity contribution >= 4 is 11.6 Å². The molecule has 0 bridgehead atoms. The smallest absolute Gasteiger partial charge is 0.231 e. The summed E-state index contributed by atoms with van der Waals surface area (Å²) in [6.07, 6.45) is 2.12. The summed E-state index contributed by atoms with van der Waals surface area (Å²) in [5, 5.41) is 4.07. The number of nitrogens with one attached hydrogen (secondary N) is 1. The summed E-state index contributed by atoms with van der Waals surface area (Å²) in [6.45, 7) is 4.55. The Kier molecular flexibility index (Phi) is 2.89. The van der Waals surface area contributed by atoms with Crippen LogP contribution in [0.1, 0.15) is 30.4 Å². The fraction of sp³-hybridized carbons (Fsp3) is 0.538. The zero-order valence-electron chi connectivity index (χ0n) is 9.88. The van der Waals surface area contributed by atoms with Crippen LogP contribution < -0.4 is 14.8 Å². The Morgan fingerprint density at radius 2 is 2.24 bits per heavy atom. The summed E-state index contributed by atoms with van der Waals surface area (Å²) in [4.78, 5) is 0. The lowest BCUT2D eigenvalue weighted by atomic mass is 9.91. The molecule has 1 fully saturated rings. The number of ether oxygens (including phenoxy) is 2. The van der Waals surface area contributed by atoms with Crippen LogP contribution >= 0.6 is 11.6 Å². The van der Waals surface area contributed by atoms with Gasteiger partial charge in [0.2, 0.25) is 6.79 Å². The number of rotatable bonds is 2. The van der Waals surface area contributed by atoms with Crippen LogP contribution in [0.5, 0.6) is 11.5 Å². The highest BCUT2D eigenvalue weighted by atomic mass is 35.5. The summed E-state index contributed by atoms with van der Waals surface area (Å²) in [5.41, 5.74) is 2.59. The third-order valence-corrected chi connectivity index (χ3v) is 3.87. The largest absolute Gasteiger partial charge is 0.453 e. The highest BCUT2D eigenvalue weighted by Gasteiger charge is 2.28. The van der Waals surface area contributed by atoms with Crippen molar-refractivity contribution in [3.05, 3.63) is 22.2 Å². The van der Waals surface area contributed by atoms with Crippen LogP contribution in [0.2, 0.25) is 5.02 Å². The molecule has 1 unspecified atom stereocenters. The fourth-order valence-corrected chi connectivity index (χ4v) is 3.01. The zero-order valence-corrected chi connectivity index (χ0v) is 10.6. The molecule has 0 aliphatic carbocycles. The number of hydrogen-bond acceptors (Lipinski definition) is 3. The van der Waals surface area contributed by atoms with Gasteiger partial charge in [-0.3, -0.25) is 0 Å². The van der Waals surface area contributed by atoms with E-state index in [-0.39, 0.29) is 6.79 Å². The molecule has 2 aliphatic heterocycles. The first kappa shape index (κ1) is 11.2. The Labute approximate surface area is 106 Å². The average Bonchev–Trinajstić information content (AvgIpc) is 3.00. The maximum atomic E-state index is 6.26. The van der Waals surface area contributed by atoms with Gasteiger partial charge in [0.25, 0.3) is 0 Å². The molecular weight excluding hydrogens is 238 g/mol. The maximum absolute atomic E-state index is 6.26. The lowest BCUT2D eigenvalue weighted by Gasteiger charge is -2.16. The van der Waals surface area contributed by atoms with Crippen molar-refractivity contribution in [3.63, 3.8) is 0 Å². The Bertz CT molecular complexity index is 442. The highest BCUT2D eigenvalue weighted by molar-refractivity contribution is 6.32. The topological polar surface area (TPSA) is 30.5 Å². The Hall–Kier alpha value is -0.930. The van der Waals surface area contributed by atoms with E-state index in [9.17, 15) is 0 Å². The lowest BCUT2D eigenvalue weighted by molar-refractivity contribution is 0.173. The van der Waals surface area contributed by atoms with E-state index >= 15 is 0 Å². The van der Waals surface area contributed by atoms with Crippen LogP contribution in [0.3, 0.4) is 0 Å². The van der Waals surface area contributed by atoms with E-state index in [1.54, 1.807) is 0 Å². The van der Waals surface area contributed by atoms with Gasteiger partial charge in [0.1, 0.15) is 0 Å².